The molecule has 0 N–H and O–H groups in total. The minimum atomic E-state index is -1.46. The Morgan fingerprint density at radius 1 is 0.281 bits per heavy atom. The fraction of sp³-hybridized carbons (Fsp3) is 0.257. The number of fused-ring (bicyclic) bond motifs is 9. The van der Waals surface area contributed by atoms with Gasteiger partial charge in [0.1, 0.15) is 0 Å². The van der Waals surface area contributed by atoms with Gasteiger partial charge in [-0.1, -0.05) is 256 Å². The molecule has 9 aromatic carbocycles. The Kier molecular flexibility index (Phi) is 32.5. The Morgan fingerprint density at radius 2 is 0.648 bits per heavy atom. The first-order valence-electron chi connectivity index (χ1n) is 44.7. The van der Waals surface area contributed by atoms with Crippen LogP contribution in [0.25, 0.3) is 128 Å². The number of pyridine rings is 6. The van der Waals surface area contributed by atoms with Gasteiger partial charge in [0.05, 0.1) is 16.1 Å². The van der Waals surface area contributed by atoms with E-state index in [4.69, 9.17) is 15.0 Å². The maximum Gasteiger partial charge on any atom is 0.0794 e. The Hall–Kier alpha value is -8.86. The quantitative estimate of drug-likeness (QED) is 0.0752. The zero-order valence-electron chi connectivity index (χ0n) is 76.0. The summed E-state index contributed by atoms with van der Waals surface area (Å²) in [4.78, 5) is 27.8. The topological polar surface area (TPSA) is 77.3 Å². The van der Waals surface area contributed by atoms with Gasteiger partial charge in [-0.3, -0.25) is 0 Å². The van der Waals surface area contributed by atoms with Crippen molar-refractivity contribution in [1.82, 2.24) is 29.9 Å². The summed E-state index contributed by atoms with van der Waals surface area (Å²) < 4.78 is 8.19. The second-order valence-electron chi connectivity index (χ2n) is 37.6. The largest absolute Gasteiger partial charge is 0.304 e. The molecule has 0 atom stereocenters. The SMILES string of the molecule is CC(C)c1ccc(-c2[c-]cccc2)nc1.CC(C)c1ccc(-c2[c-]cccc2)nc1.CC(C)c1ccc(-c2[c-]cccc2)nc1.C[Si](C)(C)c1c[c-]c(-c2ccc(C3CC3)cn2)c2sc3ccccc3c12.C[Si](C)(C)c1cccc2c1sc1c(-c3ccc(C4CCCC4)cn3)[c-]ccc12.C[Si](C)(C)c1cccc2sc3c(-c4ccc(C5CC5)cn4)[c-]ccc3c12.[Ir].[Ir].[Ir]. The average Bonchev–Trinajstić information content (AvgIpc) is 1.59. The summed E-state index contributed by atoms with van der Waals surface area (Å²) in [5.74, 6) is 3.81. The van der Waals surface area contributed by atoms with Crippen molar-refractivity contribution in [2.24, 2.45) is 0 Å². The van der Waals surface area contributed by atoms with E-state index in [0.29, 0.717) is 23.7 Å². The van der Waals surface area contributed by atoms with Crippen molar-refractivity contribution in [2.75, 3.05) is 0 Å². The summed E-state index contributed by atoms with van der Waals surface area (Å²) in [6.45, 7) is 34.9. The van der Waals surface area contributed by atoms with Gasteiger partial charge in [0.25, 0.3) is 0 Å². The van der Waals surface area contributed by atoms with Crippen LogP contribution in [-0.2, 0) is 60.3 Å². The first-order valence-corrected chi connectivity index (χ1v) is 57.6. The number of hydrogen-bond donors (Lipinski definition) is 0. The molecule has 3 aliphatic carbocycles. The summed E-state index contributed by atoms with van der Waals surface area (Å²) >= 11 is 5.70. The van der Waals surface area contributed by atoms with Crippen LogP contribution >= 0.6 is 34.0 Å². The van der Waals surface area contributed by atoms with E-state index < -0.39 is 24.2 Å². The van der Waals surface area contributed by atoms with E-state index >= 15 is 0 Å². The molecule has 3 aliphatic rings. The van der Waals surface area contributed by atoms with Crippen molar-refractivity contribution in [3.05, 3.63) is 344 Å². The third-order valence-corrected chi connectivity index (χ3v) is 34.1. The normalized spacial score (nSPS) is 13.3. The molecule has 128 heavy (non-hydrogen) atoms. The van der Waals surface area contributed by atoms with E-state index in [2.05, 4.69) is 334 Å². The second kappa shape index (κ2) is 43.0. The van der Waals surface area contributed by atoms with Crippen LogP contribution in [0.15, 0.2) is 274 Å². The number of nitrogens with zero attached hydrogens (tertiary/aromatic N) is 6. The number of hydrogen-bond acceptors (Lipinski definition) is 9. The standard InChI is InChI=1S/C25H26NSSi.2C23H22NSSi.3C14H14N.3Ir/c1-28(2,3)23-13-7-11-20-19-10-6-12-21(24(19)27-25(20)23)22-15-14-18(16-26-22)17-8-4-5-9-17;1-26(2,3)21-9-5-8-20-22(21)18-7-4-6-17(23(18)25-20)19-13-12-16(14-24-19)15-10-11-15;1-26(2,3)21-13-11-17(19-12-10-16(14-24-19)15-8-9-15)23-22(21)18-6-4-5-7-20(18)25-23;3*1-11(2)13-8-9-14(15-10-13)12-6-4-3-5-7-12;;;/h6-7,10-11,13-17H,4-5,8-9H2,1-3H3;4-5,7-9,12-15H,10-11H2,1-3H3;4-7,10,12-15H,8-9H2,1-3H3;3*3-6,8-11H,1-2H3;;;/q6*-1;;;. The molecular formula is C113H112Ir3N6S3Si3-6. The molecule has 15 heteroatoms. The van der Waals surface area contributed by atoms with Crippen LogP contribution in [-0.4, -0.2) is 54.1 Å². The average molecular weight is 2310 g/mol. The van der Waals surface area contributed by atoms with E-state index in [1.165, 1.54) is 150 Å². The minimum absolute atomic E-state index is 0. The molecule has 0 aliphatic heterocycles. The van der Waals surface area contributed by atoms with E-state index in [9.17, 15) is 0 Å². The molecule has 0 saturated heterocycles. The molecule has 21 rings (SSSR count). The van der Waals surface area contributed by atoms with Gasteiger partial charge in [-0.15, -0.1) is 178 Å². The van der Waals surface area contributed by atoms with Gasteiger partial charge in [0, 0.05) is 120 Å². The smallest absolute Gasteiger partial charge is 0.0794 e. The van der Waals surface area contributed by atoms with Gasteiger partial charge in [0.15, 0.2) is 0 Å². The van der Waals surface area contributed by atoms with Crippen LogP contribution in [0.3, 0.4) is 0 Å². The zero-order valence-corrected chi connectivity index (χ0v) is 88.6. The number of rotatable bonds is 15. The fourth-order valence-electron chi connectivity index (χ4n) is 16.6. The van der Waals surface area contributed by atoms with Gasteiger partial charge < -0.3 is 29.9 Å². The van der Waals surface area contributed by atoms with Gasteiger partial charge in [-0.05, 0) is 189 Å². The molecule has 18 aromatic rings. The van der Waals surface area contributed by atoms with Crippen molar-refractivity contribution < 1.29 is 60.3 Å². The maximum absolute atomic E-state index is 4.87. The Labute approximate surface area is 815 Å². The zero-order chi connectivity index (χ0) is 87.1. The van der Waals surface area contributed by atoms with Crippen LogP contribution in [0.2, 0.25) is 58.9 Å². The molecule has 9 aromatic heterocycles. The molecule has 3 saturated carbocycles. The predicted octanol–water partition coefficient (Wildman–Crippen LogP) is 30.8. The molecule has 0 unspecified atom stereocenters. The molecule has 3 radical (unpaired) electrons. The van der Waals surface area contributed by atoms with Gasteiger partial charge in [0.2, 0.25) is 0 Å². The Bertz CT molecular complexity index is 6470. The van der Waals surface area contributed by atoms with Crippen LogP contribution in [0.4, 0.5) is 0 Å². The second-order valence-corrected chi connectivity index (χ2v) is 55.8. The van der Waals surface area contributed by atoms with Crippen molar-refractivity contribution in [2.45, 2.75) is 187 Å². The van der Waals surface area contributed by atoms with Crippen LogP contribution < -0.4 is 15.6 Å². The van der Waals surface area contributed by atoms with E-state index in [1.54, 1.807) is 10.4 Å². The Balaban J connectivity index is 0.000000133. The minimum Gasteiger partial charge on any atom is -0.304 e. The molecular weight excluding hydrogens is 2200 g/mol. The van der Waals surface area contributed by atoms with Crippen LogP contribution in [0.1, 0.15) is 162 Å². The number of thiophene rings is 3. The van der Waals surface area contributed by atoms with Gasteiger partial charge in [-0.25, -0.2) is 0 Å². The first kappa shape index (κ1) is 96.7. The maximum atomic E-state index is 4.87. The monoisotopic (exact) mass is 2310 g/mol. The summed E-state index contributed by atoms with van der Waals surface area (Å²) in [7, 11) is -4.27. The molecule has 657 valence electrons. The van der Waals surface area contributed by atoms with E-state index in [0.717, 1.165) is 79.4 Å². The third kappa shape index (κ3) is 23.0. The summed E-state index contributed by atoms with van der Waals surface area (Å²) in [6.07, 6.45) is 22.7. The van der Waals surface area contributed by atoms with E-state index in [1.807, 2.05) is 125 Å². The molecule has 0 spiro atoms. The number of benzene rings is 9. The molecule has 9 heterocycles. The van der Waals surface area contributed by atoms with Crippen molar-refractivity contribution in [3.63, 3.8) is 0 Å². The van der Waals surface area contributed by atoms with E-state index in [-0.39, 0.29) is 60.3 Å². The van der Waals surface area contributed by atoms with Crippen LogP contribution in [0.5, 0.6) is 0 Å². The summed E-state index contributed by atoms with van der Waals surface area (Å²) in [5.41, 5.74) is 20.7. The third-order valence-electron chi connectivity index (χ3n) is 24.2. The van der Waals surface area contributed by atoms with Crippen molar-refractivity contribution in [1.29, 1.82) is 0 Å². The predicted molar refractivity (Wildman–Crippen MR) is 546 cm³/mol. The Morgan fingerprint density at radius 3 is 1.05 bits per heavy atom. The molecule has 0 bridgehead atoms. The van der Waals surface area contributed by atoms with Crippen molar-refractivity contribution >= 4 is 134 Å². The molecule has 3 fully saturated rings. The van der Waals surface area contributed by atoms with Gasteiger partial charge >= 0.3 is 0 Å². The fourth-order valence-corrected chi connectivity index (χ4v) is 26.0. The number of aromatic nitrogens is 6. The van der Waals surface area contributed by atoms with Crippen molar-refractivity contribution in [3.8, 4) is 67.5 Å². The molecule has 6 nitrogen and oxygen atoms in total. The first-order chi connectivity index (χ1) is 60.4. The van der Waals surface area contributed by atoms with Crippen LogP contribution in [0, 0.1) is 36.4 Å². The molecule has 0 amide bonds. The van der Waals surface area contributed by atoms with Gasteiger partial charge in [-0.2, -0.15) is 34.0 Å². The summed E-state index contributed by atoms with van der Waals surface area (Å²) in [6, 6.07) is 103. The summed E-state index contributed by atoms with van der Waals surface area (Å²) in [5, 5.41) is 13.0.